The third kappa shape index (κ3) is 5.81. The quantitative estimate of drug-likeness (QED) is 0.331. The molecule has 0 unspecified atom stereocenters. The van der Waals surface area contributed by atoms with Gasteiger partial charge in [-0.25, -0.2) is 0 Å². The molecular weight excluding hydrogens is 422 g/mol. The van der Waals surface area contributed by atoms with Gasteiger partial charge >= 0.3 is 0 Å². The summed E-state index contributed by atoms with van der Waals surface area (Å²) in [7, 11) is 3.12. The number of ether oxygens (including phenoxy) is 2. The van der Waals surface area contributed by atoms with Gasteiger partial charge in [-0.3, -0.25) is 15.0 Å². The topological polar surface area (TPSA) is 144 Å². The Balaban J connectivity index is 1.61. The zero-order valence-electron chi connectivity index (χ0n) is 19.0. The Labute approximate surface area is 193 Å². The summed E-state index contributed by atoms with van der Waals surface area (Å²) in [5, 5.41) is 10.4. The number of benzene rings is 2. The van der Waals surface area contributed by atoms with E-state index in [1.807, 2.05) is 24.3 Å². The van der Waals surface area contributed by atoms with Crippen molar-refractivity contribution in [2.75, 3.05) is 20.8 Å². The molecule has 0 bridgehead atoms. The van der Waals surface area contributed by atoms with Crippen LogP contribution < -0.4 is 26.3 Å². The first-order chi connectivity index (χ1) is 15.8. The number of carbonyl (C=O) groups excluding carboxylic acids is 2. The number of hydrogen-bond donors (Lipinski definition) is 4. The van der Waals surface area contributed by atoms with Crippen LogP contribution in [0.15, 0.2) is 42.5 Å². The van der Waals surface area contributed by atoms with Gasteiger partial charge in [-0.2, -0.15) is 0 Å². The van der Waals surface area contributed by atoms with Crippen LogP contribution in [0.5, 0.6) is 11.5 Å². The summed E-state index contributed by atoms with van der Waals surface area (Å²) in [5.74, 6) is 0.753. The van der Waals surface area contributed by atoms with Gasteiger partial charge in [0.1, 0.15) is 23.4 Å². The molecule has 6 N–H and O–H groups in total. The van der Waals surface area contributed by atoms with Gasteiger partial charge < -0.3 is 31.2 Å². The maximum Gasteiger partial charge on any atom is 0.243 e. The fourth-order valence-electron chi connectivity index (χ4n) is 3.98. The van der Waals surface area contributed by atoms with Crippen molar-refractivity contribution in [1.82, 2.24) is 10.2 Å². The molecular formula is C24H31N5O4. The minimum atomic E-state index is -0.731. The van der Waals surface area contributed by atoms with Gasteiger partial charge in [-0.1, -0.05) is 24.3 Å². The number of rotatable bonds is 9. The highest BCUT2D eigenvalue weighted by atomic mass is 16.5. The number of amides is 2. The highest BCUT2D eigenvalue weighted by Crippen LogP contribution is 2.22. The van der Waals surface area contributed by atoms with Crippen molar-refractivity contribution in [3.8, 4) is 11.5 Å². The lowest BCUT2D eigenvalue weighted by Gasteiger charge is -2.27. The molecule has 2 aromatic carbocycles. The monoisotopic (exact) mass is 453 g/mol. The van der Waals surface area contributed by atoms with E-state index in [2.05, 4.69) is 5.32 Å². The Morgan fingerprint density at radius 1 is 1.18 bits per heavy atom. The number of nitrogens with one attached hydrogen (secondary N) is 2. The molecule has 3 rings (SSSR count). The van der Waals surface area contributed by atoms with E-state index in [4.69, 9.17) is 26.4 Å². The van der Waals surface area contributed by atoms with E-state index in [9.17, 15) is 9.59 Å². The number of carbonyl (C=O) groups is 2. The second kappa shape index (κ2) is 10.8. The second-order valence-electron chi connectivity index (χ2n) is 8.01. The van der Waals surface area contributed by atoms with Crippen LogP contribution in [0.25, 0.3) is 0 Å². The molecule has 2 amide bonds. The predicted octanol–water partition coefficient (Wildman–Crippen LogP) is 1.17. The molecule has 0 aromatic heterocycles. The van der Waals surface area contributed by atoms with Crippen LogP contribution in [0, 0.1) is 5.41 Å². The first kappa shape index (κ1) is 24.1. The van der Waals surface area contributed by atoms with E-state index in [0.29, 0.717) is 30.7 Å². The van der Waals surface area contributed by atoms with Crippen molar-refractivity contribution in [3.63, 3.8) is 0 Å². The van der Waals surface area contributed by atoms with Crippen molar-refractivity contribution in [1.29, 1.82) is 5.41 Å². The third-order valence-corrected chi connectivity index (χ3v) is 5.82. The van der Waals surface area contributed by atoms with Gasteiger partial charge in [0, 0.05) is 24.2 Å². The summed E-state index contributed by atoms with van der Waals surface area (Å²) in [4.78, 5) is 27.5. The van der Waals surface area contributed by atoms with Gasteiger partial charge in [0.15, 0.2) is 0 Å². The SMILES string of the molecule is COc1ccc(C[C@@H](N)C(=O)N2CCC[C@H]2C(=O)NCc2ccc(C(=N)N)cc2OC)cc1. The van der Waals surface area contributed by atoms with Crippen molar-refractivity contribution in [2.45, 2.75) is 37.9 Å². The zero-order valence-corrected chi connectivity index (χ0v) is 19.0. The minimum Gasteiger partial charge on any atom is -0.497 e. The molecule has 2 atom stereocenters. The van der Waals surface area contributed by atoms with Crippen LogP contribution in [-0.2, 0) is 22.6 Å². The molecule has 9 heteroatoms. The van der Waals surface area contributed by atoms with Gasteiger partial charge in [-0.15, -0.1) is 0 Å². The fraction of sp³-hybridized carbons (Fsp3) is 0.375. The van der Waals surface area contributed by atoms with E-state index in [0.717, 1.165) is 23.3 Å². The van der Waals surface area contributed by atoms with Gasteiger partial charge in [0.05, 0.1) is 20.3 Å². The fourth-order valence-corrected chi connectivity index (χ4v) is 3.98. The molecule has 1 aliphatic heterocycles. The third-order valence-electron chi connectivity index (χ3n) is 5.82. The summed E-state index contributed by atoms with van der Waals surface area (Å²) < 4.78 is 10.5. The number of amidine groups is 1. The number of nitrogens with two attached hydrogens (primary N) is 2. The largest absolute Gasteiger partial charge is 0.497 e. The Kier molecular flexibility index (Phi) is 7.89. The summed E-state index contributed by atoms with van der Waals surface area (Å²) in [6, 6.07) is 11.3. The Morgan fingerprint density at radius 2 is 1.91 bits per heavy atom. The molecule has 176 valence electrons. The van der Waals surface area contributed by atoms with Crippen molar-refractivity contribution >= 4 is 17.6 Å². The molecule has 9 nitrogen and oxygen atoms in total. The molecule has 0 spiro atoms. The summed E-state index contributed by atoms with van der Waals surface area (Å²) in [5.41, 5.74) is 14.0. The van der Waals surface area contributed by atoms with E-state index >= 15 is 0 Å². The maximum atomic E-state index is 13.0. The number of likely N-dealkylation sites (tertiary alicyclic amines) is 1. The molecule has 2 aromatic rings. The van der Waals surface area contributed by atoms with Crippen LogP contribution in [0.4, 0.5) is 0 Å². The van der Waals surface area contributed by atoms with E-state index in [1.165, 1.54) is 7.11 Å². The smallest absolute Gasteiger partial charge is 0.243 e. The van der Waals surface area contributed by atoms with Gasteiger partial charge in [-0.05, 0) is 43.0 Å². The number of nitrogens with zero attached hydrogens (tertiary/aromatic N) is 1. The molecule has 1 saturated heterocycles. The molecule has 0 radical (unpaired) electrons. The highest BCUT2D eigenvalue weighted by molar-refractivity contribution is 5.95. The van der Waals surface area contributed by atoms with Crippen molar-refractivity contribution in [3.05, 3.63) is 59.2 Å². The Morgan fingerprint density at radius 3 is 2.55 bits per heavy atom. The number of methoxy groups -OCH3 is 2. The minimum absolute atomic E-state index is 0.0602. The average Bonchev–Trinajstić information content (AvgIpc) is 3.32. The van der Waals surface area contributed by atoms with E-state index in [1.54, 1.807) is 30.2 Å². The highest BCUT2D eigenvalue weighted by Gasteiger charge is 2.36. The maximum absolute atomic E-state index is 13.0. The molecule has 1 aliphatic rings. The Bertz CT molecular complexity index is 1010. The Hall–Kier alpha value is -3.59. The predicted molar refractivity (Wildman–Crippen MR) is 125 cm³/mol. The summed E-state index contributed by atoms with van der Waals surface area (Å²) in [6.07, 6.45) is 1.72. The first-order valence-electron chi connectivity index (χ1n) is 10.8. The molecule has 0 aliphatic carbocycles. The van der Waals surface area contributed by atoms with Crippen LogP contribution in [-0.4, -0.2) is 55.4 Å². The lowest BCUT2D eigenvalue weighted by atomic mass is 10.0. The van der Waals surface area contributed by atoms with Crippen LogP contribution in [0.3, 0.4) is 0 Å². The zero-order chi connectivity index (χ0) is 24.0. The number of hydrogen-bond acceptors (Lipinski definition) is 6. The lowest BCUT2D eigenvalue weighted by molar-refractivity contribution is -0.139. The van der Waals surface area contributed by atoms with Crippen LogP contribution in [0.1, 0.15) is 29.5 Å². The first-order valence-corrected chi connectivity index (χ1v) is 10.8. The summed E-state index contributed by atoms with van der Waals surface area (Å²) >= 11 is 0. The van der Waals surface area contributed by atoms with Crippen LogP contribution >= 0.6 is 0 Å². The van der Waals surface area contributed by atoms with E-state index < -0.39 is 12.1 Å². The molecule has 0 saturated carbocycles. The molecule has 33 heavy (non-hydrogen) atoms. The summed E-state index contributed by atoms with van der Waals surface area (Å²) in [6.45, 7) is 0.737. The van der Waals surface area contributed by atoms with Gasteiger partial charge in [0.25, 0.3) is 0 Å². The number of nitrogen functional groups attached to an aromatic ring is 1. The lowest BCUT2D eigenvalue weighted by Crippen LogP contribution is -2.51. The second-order valence-corrected chi connectivity index (χ2v) is 8.01. The van der Waals surface area contributed by atoms with Crippen molar-refractivity contribution < 1.29 is 19.1 Å². The average molecular weight is 454 g/mol. The van der Waals surface area contributed by atoms with Crippen molar-refractivity contribution in [2.24, 2.45) is 11.5 Å². The molecule has 1 fully saturated rings. The standard InChI is InChI=1S/C24H31N5O4/c1-32-18-9-5-15(6-10-18)12-19(25)24(31)29-11-3-4-20(29)23(30)28-14-17-8-7-16(22(26)27)13-21(17)33-2/h5-10,13,19-20H,3-4,11-12,14,25H2,1-2H3,(H3,26,27)(H,28,30)/t19-,20+/m1/s1. The normalized spacial score (nSPS) is 16.2. The van der Waals surface area contributed by atoms with Crippen LogP contribution in [0.2, 0.25) is 0 Å². The van der Waals surface area contributed by atoms with E-state index in [-0.39, 0.29) is 24.2 Å². The van der Waals surface area contributed by atoms with Gasteiger partial charge in [0.2, 0.25) is 11.8 Å². The molecule has 1 heterocycles.